The van der Waals surface area contributed by atoms with Gasteiger partial charge in [-0.25, -0.2) is 0 Å². The van der Waals surface area contributed by atoms with Gasteiger partial charge in [0.05, 0.1) is 11.2 Å². The maximum atomic E-state index is 11.1. The molecule has 0 aromatic rings. The fraction of sp³-hybridized carbons (Fsp3) is 0.867. The first-order chi connectivity index (χ1) is 9.99. The summed E-state index contributed by atoms with van der Waals surface area (Å²) in [6.07, 6.45) is 1.84. The molecule has 0 aliphatic heterocycles. The summed E-state index contributed by atoms with van der Waals surface area (Å²) >= 11 is 3.88. The smallest absolute Gasteiger partial charge is 0.302 e. The summed E-state index contributed by atoms with van der Waals surface area (Å²) in [5.74, 6) is 2.52. The Labute approximate surface area is 136 Å². The number of rotatable bonds is 10. The zero-order valence-electron chi connectivity index (χ0n) is 13.3. The second kappa shape index (κ2) is 9.62. The van der Waals surface area contributed by atoms with Crippen molar-refractivity contribution < 1.29 is 19.1 Å². The van der Waals surface area contributed by atoms with Crippen molar-refractivity contribution in [1.82, 2.24) is 0 Å². The number of ether oxygens (including phenoxy) is 2. The van der Waals surface area contributed by atoms with Crippen LogP contribution in [0.4, 0.5) is 0 Å². The molecule has 0 aromatic heterocycles. The Hall–Kier alpha value is -0.360. The molecule has 4 nitrogen and oxygen atoms in total. The van der Waals surface area contributed by atoms with Gasteiger partial charge in [0.25, 0.3) is 0 Å². The van der Waals surface area contributed by atoms with Crippen LogP contribution in [0, 0.1) is 11.8 Å². The molecule has 122 valence electrons. The predicted octanol–water partition coefficient (Wildman–Crippen LogP) is 3.34. The lowest BCUT2D eigenvalue weighted by atomic mass is 10.0. The van der Waals surface area contributed by atoms with Crippen LogP contribution in [0.1, 0.15) is 40.5 Å². The number of thioether (sulfide) groups is 2. The van der Waals surface area contributed by atoms with Crippen molar-refractivity contribution in [3.05, 3.63) is 0 Å². The van der Waals surface area contributed by atoms with E-state index in [2.05, 4.69) is 13.8 Å². The molecule has 1 saturated carbocycles. The standard InChI is InChI=1S/C15H26O4S2/c1-5-20-15(21-6-2)12(7-8-18-10(3)16)13-9-14(13)19-11(4)17/h12-15H,5-9H2,1-4H3/t12-,13+,14+/m0/s1. The van der Waals surface area contributed by atoms with E-state index in [4.69, 9.17) is 9.47 Å². The molecular weight excluding hydrogens is 308 g/mol. The van der Waals surface area contributed by atoms with E-state index in [1.165, 1.54) is 13.8 Å². The topological polar surface area (TPSA) is 52.6 Å². The molecule has 0 saturated heterocycles. The minimum Gasteiger partial charge on any atom is -0.466 e. The molecule has 1 rings (SSSR count). The van der Waals surface area contributed by atoms with Gasteiger partial charge < -0.3 is 9.47 Å². The van der Waals surface area contributed by atoms with Crippen LogP contribution in [0.25, 0.3) is 0 Å². The van der Waals surface area contributed by atoms with Gasteiger partial charge in [0.2, 0.25) is 0 Å². The predicted molar refractivity (Wildman–Crippen MR) is 88.5 cm³/mol. The van der Waals surface area contributed by atoms with Crippen LogP contribution in [0.5, 0.6) is 0 Å². The Morgan fingerprint density at radius 3 is 2.24 bits per heavy atom. The van der Waals surface area contributed by atoms with Crippen molar-refractivity contribution in [2.45, 2.75) is 51.2 Å². The highest BCUT2D eigenvalue weighted by atomic mass is 32.2. The first-order valence-corrected chi connectivity index (χ1v) is 9.63. The lowest BCUT2D eigenvalue weighted by molar-refractivity contribution is -0.142. The first kappa shape index (κ1) is 18.7. The third-order valence-corrected chi connectivity index (χ3v) is 6.25. The summed E-state index contributed by atoms with van der Waals surface area (Å²) in [6.45, 7) is 7.67. The van der Waals surface area contributed by atoms with Gasteiger partial charge in [0.1, 0.15) is 6.10 Å². The SMILES string of the molecule is CCSC(SCC)[C@@H](CCOC(C)=O)[C@H]1C[C@H]1OC(C)=O. The number of hydrogen-bond donors (Lipinski definition) is 0. The third-order valence-electron chi connectivity index (χ3n) is 3.41. The molecule has 0 N–H and O–H groups in total. The van der Waals surface area contributed by atoms with Gasteiger partial charge in [-0.05, 0) is 30.3 Å². The highest BCUT2D eigenvalue weighted by Gasteiger charge is 2.48. The molecule has 0 heterocycles. The van der Waals surface area contributed by atoms with E-state index in [0.717, 1.165) is 24.3 Å². The summed E-state index contributed by atoms with van der Waals surface area (Å²) in [6, 6.07) is 0. The lowest BCUT2D eigenvalue weighted by Gasteiger charge is -2.26. The zero-order valence-corrected chi connectivity index (χ0v) is 14.9. The molecule has 1 aliphatic carbocycles. The molecule has 1 aliphatic rings. The summed E-state index contributed by atoms with van der Waals surface area (Å²) in [5, 5.41) is 0. The summed E-state index contributed by atoms with van der Waals surface area (Å²) in [7, 11) is 0. The summed E-state index contributed by atoms with van der Waals surface area (Å²) in [4.78, 5) is 22.0. The van der Waals surface area contributed by atoms with Crippen molar-refractivity contribution in [3.63, 3.8) is 0 Å². The van der Waals surface area contributed by atoms with Gasteiger partial charge in [-0.1, -0.05) is 13.8 Å². The Balaban J connectivity index is 2.60. The van der Waals surface area contributed by atoms with Gasteiger partial charge >= 0.3 is 11.9 Å². The Morgan fingerprint density at radius 1 is 1.14 bits per heavy atom. The Kier molecular flexibility index (Phi) is 8.56. The molecule has 0 aromatic carbocycles. The fourth-order valence-corrected chi connectivity index (χ4v) is 5.53. The van der Waals surface area contributed by atoms with Crippen molar-refractivity contribution >= 4 is 35.5 Å². The average molecular weight is 335 g/mol. The minimum absolute atomic E-state index is 0.0576. The Bertz CT molecular complexity index is 343. The van der Waals surface area contributed by atoms with Crippen molar-refractivity contribution in [3.8, 4) is 0 Å². The summed E-state index contributed by atoms with van der Waals surface area (Å²) in [5.41, 5.74) is 0. The molecule has 0 spiro atoms. The van der Waals surface area contributed by atoms with E-state index in [-0.39, 0.29) is 18.0 Å². The monoisotopic (exact) mass is 334 g/mol. The van der Waals surface area contributed by atoms with E-state index >= 15 is 0 Å². The van der Waals surface area contributed by atoms with Crippen LogP contribution in [-0.4, -0.2) is 40.7 Å². The van der Waals surface area contributed by atoms with E-state index < -0.39 is 0 Å². The molecule has 3 atom stereocenters. The zero-order chi connectivity index (χ0) is 15.8. The number of esters is 2. The van der Waals surface area contributed by atoms with Gasteiger partial charge in [0.15, 0.2) is 0 Å². The molecule has 6 heteroatoms. The molecule has 0 amide bonds. The molecule has 1 fully saturated rings. The number of carbonyl (C=O) groups is 2. The molecule has 0 radical (unpaired) electrons. The number of hydrogen-bond acceptors (Lipinski definition) is 6. The molecule has 21 heavy (non-hydrogen) atoms. The average Bonchev–Trinajstić information content (AvgIpc) is 3.12. The summed E-state index contributed by atoms with van der Waals surface area (Å²) < 4.78 is 10.9. The van der Waals surface area contributed by atoms with Crippen molar-refractivity contribution in [2.75, 3.05) is 18.1 Å². The molecule has 0 unspecified atom stereocenters. The van der Waals surface area contributed by atoms with Crippen LogP contribution >= 0.6 is 23.5 Å². The van der Waals surface area contributed by atoms with Crippen LogP contribution in [0.15, 0.2) is 0 Å². The molecule has 0 bridgehead atoms. The van der Waals surface area contributed by atoms with Crippen LogP contribution in [0.2, 0.25) is 0 Å². The maximum Gasteiger partial charge on any atom is 0.302 e. The van der Waals surface area contributed by atoms with Gasteiger partial charge in [-0.2, -0.15) is 0 Å². The van der Waals surface area contributed by atoms with E-state index in [1.807, 2.05) is 23.5 Å². The molecular formula is C15H26O4S2. The minimum atomic E-state index is -0.232. The lowest BCUT2D eigenvalue weighted by Crippen LogP contribution is -2.22. The van der Waals surface area contributed by atoms with Gasteiger partial charge in [-0.3, -0.25) is 9.59 Å². The van der Waals surface area contributed by atoms with E-state index in [0.29, 0.717) is 23.0 Å². The highest BCUT2D eigenvalue weighted by Crippen LogP contribution is 2.48. The van der Waals surface area contributed by atoms with E-state index in [1.54, 1.807) is 0 Å². The van der Waals surface area contributed by atoms with Gasteiger partial charge in [0, 0.05) is 19.8 Å². The number of carbonyl (C=O) groups excluding carboxylic acids is 2. The van der Waals surface area contributed by atoms with Crippen LogP contribution < -0.4 is 0 Å². The highest BCUT2D eigenvalue weighted by molar-refractivity contribution is 8.17. The van der Waals surface area contributed by atoms with Crippen LogP contribution in [0.3, 0.4) is 0 Å². The quantitative estimate of drug-likeness (QED) is 0.451. The third kappa shape index (κ3) is 6.96. The second-order valence-electron chi connectivity index (χ2n) is 5.12. The normalized spacial score (nSPS) is 22.0. The van der Waals surface area contributed by atoms with Gasteiger partial charge in [-0.15, -0.1) is 23.5 Å². The largest absolute Gasteiger partial charge is 0.466 e. The van der Waals surface area contributed by atoms with Crippen LogP contribution in [-0.2, 0) is 19.1 Å². The van der Waals surface area contributed by atoms with E-state index in [9.17, 15) is 9.59 Å². The maximum absolute atomic E-state index is 11.1. The van der Waals surface area contributed by atoms with Crippen molar-refractivity contribution in [2.24, 2.45) is 11.8 Å². The fourth-order valence-electron chi connectivity index (χ4n) is 2.50. The second-order valence-corrected chi connectivity index (χ2v) is 8.25. The first-order valence-electron chi connectivity index (χ1n) is 7.53. The Morgan fingerprint density at radius 2 is 1.76 bits per heavy atom. The van der Waals surface area contributed by atoms with Crippen molar-refractivity contribution in [1.29, 1.82) is 0 Å².